The Morgan fingerprint density at radius 2 is 1.69 bits per heavy atom. The molecule has 2 heterocycles. The summed E-state index contributed by atoms with van der Waals surface area (Å²) in [7, 11) is 0. The van der Waals surface area contributed by atoms with Gasteiger partial charge in [0.15, 0.2) is 4.93 Å². The van der Waals surface area contributed by atoms with E-state index in [0.717, 1.165) is 39.6 Å². The summed E-state index contributed by atoms with van der Waals surface area (Å²) in [6.45, 7) is -0.416. The smallest absolute Gasteiger partial charge is 0.168 e. The lowest BCUT2D eigenvalue weighted by Crippen LogP contribution is -2.58. The normalized spacial score (nSPS) is 31.2. The number of hydrogen-bond donors (Lipinski definition) is 4. The highest BCUT2D eigenvalue weighted by molar-refractivity contribution is 8.00. The molecule has 4 rings (SSSR count). The van der Waals surface area contributed by atoms with E-state index in [1.807, 2.05) is 42.5 Å². The van der Waals surface area contributed by atoms with Crippen LogP contribution in [0, 0.1) is 0 Å². The van der Waals surface area contributed by atoms with E-state index in [9.17, 15) is 24.8 Å². The summed E-state index contributed by atoms with van der Waals surface area (Å²) >= 11 is 1.16. The first kappa shape index (κ1) is 20.8. The Kier molecular flexibility index (Phi) is 5.97. The zero-order valence-corrected chi connectivity index (χ0v) is 16.7. The quantitative estimate of drug-likeness (QED) is 0.588. The van der Waals surface area contributed by atoms with E-state index in [2.05, 4.69) is 0 Å². The first-order valence-electron chi connectivity index (χ1n) is 9.71. The molecule has 4 N–H and O–H groups in total. The van der Waals surface area contributed by atoms with Gasteiger partial charge in [-0.15, -0.1) is 11.8 Å². The third kappa shape index (κ3) is 3.71. The van der Waals surface area contributed by atoms with E-state index in [4.69, 9.17) is 4.74 Å². The Labute approximate surface area is 173 Å². The van der Waals surface area contributed by atoms with Crippen molar-refractivity contribution >= 4 is 11.8 Å². The van der Waals surface area contributed by atoms with Crippen LogP contribution < -0.4 is 0 Å². The number of benzene rings is 2. The maximum Gasteiger partial charge on any atom is 0.168 e. The Morgan fingerprint density at radius 1 is 1.00 bits per heavy atom. The summed E-state index contributed by atoms with van der Waals surface area (Å²) in [6.07, 6.45) is -2.89. The fourth-order valence-electron chi connectivity index (χ4n) is 4.10. The lowest BCUT2D eigenvalue weighted by atomic mass is 9.91. The van der Waals surface area contributed by atoms with Crippen molar-refractivity contribution in [3.05, 3.63) is 70.3 Å². The highest BCUT2D eigenvalue weighted by Gasteiger charge is 2.57. The standard InChI is InChI=1S/C22H25FO5S/c23-8-7-13-1-3-14(4-2-13)9-15-5-6-16-12-28-22(17(16)10-15)21(27)20(26)19(25)18(11-24)29-22/h1-6,10,18-21,24-27H,7-9,11-12H2/t18-,19-,20+,21-,22+/m1/s1. The number of aryl methyl sites for hydroxylation is 1. The number of alkyl halides is 1. The van der Waals surface area contributed by atoms with Gasteiger partial charge in [-0.3, -0.25) is 4.39 Å². The monoisotopic (exact) mass is 420 g/mol. The molecule has 1 spiro atoms. The molecule has 0 saturated carbocycles. The van der Waals surface area contributed by atoms with Crippen molar-refractivity contribution in [2.75, 3.05) is 13.3 Å². The van der Waals surface area contributed by atoms with Crippen LogP contribution in [0.2, 0.25) is 0 Å². The highest BCUT2D eigenvalue weighted by atomic mass is 32.2. The van der Waals surface area contributed by atoms with E-state index in [-0.39, 0.29) is 13.3 Å². The van der Waals surface area contributed by atoms with Gasteiger partial charge in [0.25, 0.3) is 0 Å². The van der Waals surface area contributed by atoms with Gasteiger partial charge in [0.2, 0.25) is 0 Å². The van der Waals surface area contributed by atoms with Gasteiger partial charge in [0, 0.05) is 12.0 Å². The maximum absolute atomic E-state index is 12.5. The van der Waals surface area contributed by atoms with Gasteiger partial charge in [0.05, 0.1) is 31.2 Å². The minimum absolute atomic E-state index is 0.290. The molecule has 5 nitrogen and oxygen atoms in total. The molecule has 29 heavy (non-hydrogen) atoms. The first-order valence-corrected chi connectivity index (χ1v) is 10.6. The van der Waals surface area contributed by atoms with Crippen molar-refractivity contribution < 1.29 is 29.6 Å². The van der Waals surface area contributed by atoms with E-state index in [1.54, 1.807) is 0 Å². The zero-order valence-electron chi connectivity index (χ0n) is 15.9. The van der Waals surface area contributed by atoms with Gasteiger partial charge in [-0.25, -0.2) is 0 Å². The number of fused-ring (bicyclic) bond motifs is 2. The Bertz CT molecular complexity index is 859. The van der Waals surface area contributed by atoms with Gasteiger partial charge in [-0.05, 0) is 28.7 Å². The molecule has 0 unspecified atom stereocenters. The molecule has 1 fully saturated rings. The van der Waals surface area contributed by atoms with Gasteiger partial charge >= 0.3 is 0 Å². The Hall–Kier alpha value is -1.48. The van der Waals surface area contributed by atoms with Crippen LogP contribution in [0.5, 0.6) is 0 Å². The van der Waals surface area contributed by atoms with Crippen LogP contribution in [0.25, 0.3) is 0 Å². The van der Waals surface area contributed by atoms with E-state index >= 15 is 0 Å². The number of rotatable bonds is 5. The Morgan fingerprint density at radius 3 is 2.38 bits per heavy atom. The number of aliphatic hydroxyl groups is 4. The number of halogens is 1. The fraction of sp³-hybridized carbons (Fsp3) is 0.455. The van der Waals surface area contributed by atoms with Crippen LogP contribution in [0.1, 0.15) is 27.8 Å². The first-order chi connectivity index (χ1) is 14.0. The third-order valence-electron chi connectivity index (χ3n) is 5.76. The van der Waals surface area contributed by atoms with E-state index < -0.39 is 28.5 Å². The number of ether oxygens (including phenoxy) is 1. The average molecular weight is 421 g/mol. The highest BCUT2D eigenvalue weighted by Crippen LogP contribution is 2.54. The molecule has 2 aliphatic rings. The van der Waals surface area contributed by atoms with Gasteiger partial charge < -0.3 is 25.2 Å². The van der Waals surface area contributed by atoms with Crippen LogP contribution >= 0.6 is 11.8 Å². The lowest BCUT2D eigenvalue weighted by Gasteiger charge is -2.45. The van der Waals surface area contributed by atoms with Crippen LogP contribution in [-0.4, -0.2) is 57.3 Å². The average Bonchev–Trinajstić information content (AvgIpc) is 3.09. The minimum atomic E-state index is -1.41. The summed E-state index contributed by atoms with van der Waals surface area (Å²) in [5.74, 6) is 0. The molecular weight excluding hydrogens is 395 g/mol. The molecule has 0 bridgehead atoms. The summed E-state index contributed by atoms with van der Waals surface area (Å²) < 4.78 is 18.4. The van der Waals surface area contributed by atoms with E-state index in [1.165, 1.54) is 0 Å². The number of aliphatic hydroxyl groups excluding tert-OH is 4. The van der Waals surface area contributed by atoms with Crippen molar-refractivity contribution in [3.63, 3.8) is 0 Å². The molecule has 0 radical (unpaired) electrons. The summed E-state index contributed by atoms with van der Waals surface area (Å²) in [6, 6.07) is 13.7. The second kappa shape index (κ2) is 8.34. The van der Waals surface area contributed by atoms with Crippen LogP contribution in [-0.2, 0) is 29.1 Å². The molecule has 7 heteroatoms. The molecule has 5 atom stereocenters. The van der Waals surface area contributed by atoms with Crippen LogP contribution in [0.4, 0.5) is 4.39 Å². The minimum Gasteiger partial charge on any atom is -0.395 e. The fourth-order valence-corrected chi connectivity index (χ4v) is 5.65. The number of thioether (sulfide) groups is 1. The van der Waals surface area contributed by atoms with Crippen molar-refractivity contribution in [1.82, 2.24) is 0 Å². The van der Waals surface area contributed by atoms with Crippen molar-refractivity contribution in [1.29, 1.82) is 0 Å². The maximum atomic E-state index is 12.5. The molecule has 2 aliphatic heterocycles. The van der Waals surface area contributed by atoms with Gasteiger partial charge in [0.1, 0.15) is 12.2 Å². The zero-order chi connectivity index (χ0) is 20.6. The third-order valence-corrected chi connectivity index (χ3v) is 7.42. The topological polar surface area (TPSA) is 90.2 Å². The molecule has 2 aromatic carbocycles. The summed E-state index contributed by atoms with van der Waals surface area (Å²) in [4.78, 5) is -1.22. The molecule has 1 saturated heterocycles. The summed E-state index contributed by atoms with van der Waals surface area (Å²) in [5.41, 5.74) is 4.74. The number of hydrogen-bond acceptors (Lipinski definition) is 6. The molecule has 0 aromatic heterocycles. The van der Waals surface area contributed by atoms with Crippen LogP contribution in [0.15, 0.2) is 42.5 Å². The van der Waals surface area contributed by atoms with Gasteiger partial charge in [-0.1, -0.05) is 42.5 Å². The second-order valence-corrected chi connectivity index (χ2v) is 9.09. The predicted octanol–water partition coefficient (Wildman–Crippen LogP) is 1.66. The molecule has 2 aromatic rings. The molecule has 0 aliphatic carbocycles. The largest absolute Gasteiger partial charge is 0.395 e. The second-order valence-electron chi connectivity index (χ2n) is 7.64. The molecule has 156 valence electrons. The van der Waals surface area contributed by atoms with E-state index in [0.29, 0.717) is 19.4 Å². The van der Waals surface area contributed by atoms with Crippen molar-refractivity contribution in [3.8, 4) is 0 Å². The molecule has 0 amide bonds. The van der Waals surface area contributed by atoms with Crippen LogP contribution in [0.3, 0.4) is 0 Å². The molecular formula is C22H25FO5S. The Balaban J connectivity index is 1.62. The summed E-state index contributed by atoms with van der Waals surface area (Å²) in [5, 5.41) is 40.2. The lowest BCUT2D eigenvalue weighted by molar-refractivity contribution is -0.147. The SMILES string of the molecule is OC[C@H]1S[C@]2(OCc3ccc(Cc4ccc(CCF)cc4)cc32)[C@H](O)[C@@H](O)[C@@H]1O. The van der Waals surface area contributed by atoms with Gasteiger partial charge in [-0.2, -0.15) is 0 Å². The predicted molar refractivity (Wildman–Crippen MR) is 108 cm³/mol. The van der Waals surface area contributed by atoms with Crippen molar-refractivity contribution in [2.24, 2.45) is 0 Å². The van der Waals surface area contributed by atoms with Crippen molar-refractivity contribution in [2.45, 2.75) is 47.9 Å².